The maximum atomic E-state index is 12.1. The Morgan fingerprint density at radius 3 is 2.57 bits per heavy atom. The number of nitrogens with one attached hydrogen (secondary N) is 1. The first kappa shape index (κ1) is 16.0. The van der Waals surface area contributed by atoms with E-state index in [-0.39, 0.29) is 11.9 Å². The van der Waals surface area contributed by atoms with Gasteiger partial charge in [0.05, 0.1) is 5.92 Å². The Hall–Kier alpha value is -1.35. The molecule has 0 bridgehead atoms. The number of benzene rings is 1. The van der Waals surface area contributed by atoms with Crippen LogP contribution in [0.1, 0.15) is 50.7 Å². The van der Waals surface area contributed by atoms with Gasteiger partial charge in [-0.15, -0.1) is 0 Å². The Morgan fingerprint density at radius 2 is 2.00 bits per heavy atom. The maximum Gasteiger partial charge on any atom is 0.313 e. The molecule has 0 aromatic heterocycles. The molecule has 1 aliphatic heterocycles. The highest BCUT2D eigenvalue weighted by Crippen LogP contribution is 2.19. The second kappa shape index (κ2) is 7.60. The molecule has 1 aromatic carbocycles. The summed E-state index contributed by atoms with van der Waals surface area (Å²) >= 11 is 0. The van der Waals surface area contributed by atoms with Crippen molar-refractivity contribution < 1.29 is 9.53 Å². The third-order valence-electron chi connectivity index (χ3n) is 4.07. The van der Waals surface area contributed by atoms with Crippen molar-refractivity contribution in [3.8, 4) is 0 Å². The third-order valence-corrected chi connectivity index (χ3v) is 4.07. The molecule has 0 amide bonds. The summed E-state index contributed by atoms with van der Waals surface area (Å²) in [5, 5.41) is 3.34. The fraction of sp³-hybridized carbons (Fsp3) is 0.611. The average Bonchev–Trinajstić information content (AvgIpc) is 2.97. The fourth-order valence-electron chi connectivity index (χ4n) is 2.76. The summed E-state index contributed by atoms with van der Waals surface area (Å²) in [4.78, 5) is 12.1. The van der Waals surface area contributed by atoms with Gasteiger partial charge in [0.2, 0.25) is 0 Å². The summed E-state index contributed by atoms with van der Waals surface area (Å²) in [6.07, 6.45) is 3.35. The summed E-state index contributed by atoms with van der Waals surface area (Å²) in [5.74, 6) is 0.331. The standard InChI is InChI=1S/C18H27NO2/c1-13(2)11-15-6-8-16(9-7-15)14(3)18(20)21-12-17-5-4-10-19-17/h6-9,13-14,17,19H,4-5,10-12H2,1-3H3. The molecule has 2 atom stereocenters. The van der Waals surface area contributed by atoms with Gasteiger partial charge < -0.3 is 10.1 Å². The lowest BCUT2D eigenvalue weighted by Crippen LogP contribution is -2.29. The molecule has 21 heavy (non-hydrogen) atoms. The van der Waals surface area contributed by atoms with Gasteiger partial charge in [0, 0.05) is 6.04 Å². The van der Waals surface area contributed by atoms with Gasteiger partial charge in [-0.05, 0) is 49.8 Å². The van der Waals surface area contributed by atoms with Gasteiger partial charge in [-0.25, -0.2) is 0 Å². The van der Waals surface area contributed by atoms with Crippen molar-refractivity contribution >= 4 is 5.97 Å². The van der Waals surface area contributed by atoms with E-state index >= 15 is 0 Å². The molecule has 1 fully saturated rings. The van der Waals surface area contributed by atoms with Crippen LogP contribution in [0.2, 0.25) is 0 Å². The van der Waals surface area contributed by atoms with Crippen LogP contribution in [0.25, 0.3) is 0 Å². The van der Waals surface area contributed by atoms with E-state index in [1.807, 2.05) is 6.92 Å². The molecule has 0 radical (unpaired) electrons. The van der Waals surface area contributed by atoms with Crippen molar-refractivity contribution in [2.75, 3.05) is 13.2 Å². The second-order valence-corrected chi connectivity index (χ2v) is 6.48. The van der Waals surface area contributed by atoms with Gasteiger partial charge in [-0.2, -0.15) is 0 Å². The molecule has 1 saturated heterocycles. The number of rotatable bonds is 6. The predicted molar refractivity (Wildman–Crippen MR) is 85.4 cm³/mol. The average molecular weight is 289 g/mol. The number of esters is 1. The molecule has 1 N–H and O–H groups in total. The van der Waals surface area contributed by atoms with Gasteiger partial charge in [-0.3, -0.25) is 4.79 Å². The van der Waals surface area contributed by atoms with Crippen molar-refractivity contribution in [3.63, 3.8) is 0 Å². The second-order valence-electron chi connectivity index (χ2n) is 6.48. The van der Waals surface area contributed by atoms with Crippen molar-refractivity contribution in [2.24, 2.45) is 5.92 Å². The zero-order valence-electron chi connectivity index (χ0n) is 13.4. The number of ether oxygens (including phenoxy) is 1. The Kier molecular flexibility index (Phi) is 5.80. The van der Waals surface area contributed by atoms with Crippen LogP contribution in [0.5, 0.6) is 0 Å². The zero-order valence-corrected chi connectivity index (χ0v) is 13.4. The Labute approximate surface area is 128 Å². The summed E-state index contributed by atoms with van der Waals surface area (Å²) in [7, 11) is 0. The highest BCUT2D eigenvalue weighted by atomic mass is 16.5. The molecule has 1 aliphatic rings. The molecular weight excluding hydrogens is 262 g/mol. The van der Waals surface area contributed by atoms with E-state index in [1.54, 1.807) is 0 Å². The van der Waals surface area contributed by atoms with Gasteiger partial charge in [-0.1, -0.05) is 38.1 Å². The SMILES string of the molecule is CC(C)Cc1ccc(C(C)C(=O)OCC2CCCN2)cc1. The van der Waals surface area contributed by atoms with Crippen LogP contribution in [0.3, 0.4) is 0 Å². The third kappa shape index (κ3) is 4.85. The largest absolute Gasteiger partial charge is 0.464 e. The lowest BCUT2D eigenvalue weighted by atomic mass is 9.97. The molecule has 1 heterocycles. The first-order valence-electron chi connectivity index (χ1n) is 8.05. The maximum absolute atomic E-state index is 12.1. The molecule has 1 aromatic rings. The van der Waals surface area contributed by atoms with Crippen molar-refractivity contribution in [3.05, 3.63) is 35.4 Å². The highest BCUT2D eigenvalue weighted by Gasteiger charge is 2.20. The molecule has 3 nitrogen and oxygen atoms in total. The number of carbonyl (C=O) groups is 1. The minimum atomic E-state index is -0.195. The predicted octanol–water partition coefficient (Wildman–Crippen LogP) is 3.28. The number of hydrogen-bond donors (Lipinski definition) is 1. The van der Waals surface area contributed by atoms with Crippen LogP contribution in [0, 0.1) is 5.92 Å². The number of carbonyl (C=O) groups excluding carboxylic acids is 1. The van der Waals surface area contributed by atoms with Crippen LogP contribution in [0.15, 0.2) is 24.3 Å². The van der Waals surface area contributed by atoms with E-state index in [0.717, 1.165) is 24.9 Å². The van der Waals surface area contributed by atoms with Gasteiger partial charge in [0.1, 0.15) is 6.61 Å². The normalized spacial score (nSPS) is 19.7. The minimum Gasteiger partial charge on any atom is -0.464 e. The Morgan fingerprint density at radius 1 is 1.29 bits per heavy atom. The van der Waals surface area contributed by atoms with Crippen LogP contribution >= 0.6 is 0 Å². The van der Waals surface area contributed by atoms with E-state index < -0.39 is 0 Å². The molecule has 2 rings (SSSR count). The smallest absolute Gasteiger partial charge is 0.313 e. The van der Waals surface area contributed by atoms with Crippen molar-refractivity contribution in [2.45, 2.75) is 52.0 Å². The summed E-state index contributed by atoms with van der Waals surface area (Å²) in [5.41, 5.74) is 2.36. The van der Waals surface area contributed by atoms with Gasteiger partial charge in [0.15, 0.2) is 0 Å². The van der Waals surface area contributed by atoms with E-state index in [0.29, 0.717) is 18.6 Å². The van der Waals surface area contributed by atoms with Crippen molar-refractivity contribution in [1.29, 1.82) is 0 Å². The van der Waals surface area contributed by atoms with E-state index in [4.69, 9.17) is 4.74 Å². The Balaban J connectivity index is 1.85. The summed E-state index contributed by atoms with van der Waals surface area (Å²) in [6.45, 7) is 7.88. The topological polar surface area (TPSA) is 38.3 Å². The molecular formula is C18H27NO2. The summed E-state index contributed by atoms with van der Waals surface area (Å²) < 4.78 is 5.44. The van der Waals surface area contributed by atoms with Crippen LogP contribution in [-0.4, -0.2) is 25.2 Å². The van der Waals surface area contributed by atoms with Gasteiger partial charge >= 0.3 is 5.97 Å². The van der Waals surface area contributed by atoms with Crippen LogP contribution in [-0.2, 0) is 16.0 Å². The van der Waals surface area contributed by atoms with Crippen molar-refractivity contribution in [1.82, 2.24) is 5.32 Å². The summed E-state index contributed by atoms with van der Waals surface area (Å²) in [6, 6.07) is 8.69. The fourth-order valence-corrected chi connectivity index (χ4v) is 2.76. The Bertz CT molecular complexity index is 447. The minimum absolute atomic E-state index is 0.125. The lowest BCUT2D eigenvalue weighted by Gasteiger charge is -2.15. The van der Waals surface area contributed by atoms with E-state index in [9.17, 15) is 4.79 Å². The lowest BCUT2D eigenvalue weighted by molar-refractivity contribution is -0.145. The molecule has 0 saturated carbocycles. The molecule has 116 valence electrons. The first-order valence-corrected chi connectivity index (χ1v) is 8.05. The van der Waals surface area contributed by atoms with Crippen LogP contribution < -0.4 is 5.32 Å². The zero-order chi connectivity index (χ0) is 15.2. The highest BCUT2D eigenvalue weighted by molar-refractivity contribution is 5.77. The quantitative estimate of drug-likeness (QED) is 0.817. The van der Waals surface area contributed by atoms with E-state index in [2.05, 4.69) is 43.4 Å². The van der Waals surface area contributed by atoms with Gasteiger partial charge in [0.25, 0.3) is 0 Å². The molecule has 3 heteroatoms. The molecule has 2 unspecified atom stereocenters. The molecule has 0 aliphatic carbocycles. The molecule has 0 spiro atoms. The van der Waals surface area contributed by atoms with Crippen LogP contribution in [0.4, 0.5) is 0 Å². The first-order chi connectivity index (χ1) is 10.1. The van der Waals surface area contributed by atoms with E-state index in [1.165, 1.54) is 12.0 Å². The monoisotopic (exact) mass is 289 g/mol. The number of hydrogen-bond acceptors (Lipinski definition) is 3.